The Bertz CT molecular complexity index is 442. The number of hydrogen-bond acceptors (Lipinski definition) is 3. The zero-order valence-corrected chi connectivity index (χ0v) is 10.5. The van der Waals surface area contributed by atoms with Crippen molar-refractivity contribution in [1.82, 2.24) is 4.90 Å². The van der Waals surface area contributed by atoms with E-state index < -0.39 is 0 Å². The van der Waals surface area contributed by atoms with Crippen molar-refractivity contribution < 1.29 is 9.18 Å². The van der Waals surface area contributed by atoms with Gasteiger partial charge in [0.2, 0.25) is 5.91 Å². The maximum Gasteiger partial charge on any atom is 0.222 e. The first-order valence-electron chi connectivity index (χ1n) is 6.19. The molecule has 0 bridgehead atoms. The van der Waals surface area contributed by atoms with Crippen molar-refractivity contribution in [2.24, 2.45) is 0 Å². The molecule has 1 aromatic rings. The Morgan fingerprint density at radius 2 is 2.00 bits per heavy atom. The molecule has 1 fully saturated rings. The van der Waals surface area contributed by atoms with Crippen LogP contribution in [0.25, 0.3) is 0 Å². The van der Waals surface area contributed by atoms with E-state index in [-0.39, 0.29) is 11.7 Å². The second-order valence-corrected chi connectivity index (χ2v) is 4.42. The van der Waals surface area contributed by atoms with Crippen LogP contribution in [0, 0.1) is 5.82 Å². The van der Waals surface area contributed by atoms with Gasteiger partial charge in [0.05, 0.1) is 11.4 Å². The Hall–Kier alpha value is -1.78. The summed E-state index contributed by atoms with van der Waals surface area (Å²) in [4.78, 5) is 15.4. The molecule has 2 N–H and O–H groups in total. The second kappa shape index (κ2) is 5.25. The van der Waals surface area contributed by atoms with Crippen LogP contribution >= 0.6 is 0 Å². The zero-order chi connectivity index (χ0) is 13.1. The first-order valence-corrected chi connectivity index (χ1v) is 6.19. The molecule has 1 aliphatic rings. The van der Waals surface area contributed by atoms with Crippen molar-refractivity contribution in [1.29, 1.82) is 0 Å². The lowest BCUT2D eigenvalue weighted by atomic mass is 10.2. The average molecular weight is 251 g/mol. The summed E-state index contributed by atoms with van der Waals surface area (Å²) in [7, 11) is 0. The molecule has 1 saturated heterocycles. The lowest BCUT2D eigenvalue weighted by Gasteiger charge is -2.36. The number of nitrogen functional groups attached to an aromatic ring is 1. The minimum Gasteiger partial charge on any atom is -0.397 e. The molecule has 0 atom stereocenters. The number of carbonyl (C=O) groups excluding carboxylic acids is 1. The molecule has 0 radical (unpaired) electrons. The summed E-state index contributed by atoms with van der Waals surface area (Å²) in [5.74, 6) is -0.117. The fourth-order valence-electron chi connectivity index (χ4n) is 2.21. The van der Waals surface area contributed by atoms with Gasteiger partial charge in [-0.1, -0.05) is 6.92 Å². The molecule has 0 unspecified atom stereocenters. The van der Waals surface area contributed by atoms with Gasteiger partial charge in [0.15, 0.2) is 0 Å². The number of halogens is 1. The number of hydrogen-bond donors (Lipinski definition) is 1. The van der Waals surface area contributed by atoms with Gasteiger partial charge < -0.3 is 15.5 Å². The van der Waals surface area contributed by atoms with Gasteiger partial charge >= 0.3 is 0 Å². The number of nitrogens with zero attached hydrogens (tertiary/aromatic N) is 2. The normalized spacial score (nSPS) is 15.9. The Kier molecular flexibility index (Phi) is 3.69. The van der Waals surface area contributed by atoms with Crippen LogP contribution in [0.1, 0.15) is 13.3 Å². The van der Waals surface area contributed by atoms with Crippen LogP contribution in [0.5, 0.6) is 0 Å². The number of amides is 1. The maximum atomic E-state index is 13.2. The number of piperazine rings is 1. The Balaban J connectivity index is 2.05. The van der Waals surface area contributed by atoms with Crippen LogP contribution in [0.3, 0.4) is 0 Å². The lowest BCUT2D eigenvalue weighted by molar-refractivity contribution is -0.131. The first-order chi connectivity index (χ1) is 8.61. The highest BCUT2D eigenvalue weighted by Crippen LogP contribution is 2.25. The van der Waals surface area contributed by atoms with Gasteiger partial charge in [-0.05, 0) is 18.2 Å². The number of rotatable bonds is 2. The van der Waals surface area contributed by atoms with Gasteiger partial charge in [-0.25, -0.2) is 4.39 Å². The van der Waals surface area contributed by atoms with E-state index in [9.17, 15) is 9.18 Å². The summed E-state index contributed by atoms with van der Waals surface area (Å²) in [6.45, 7) is 4.59. The van der Waals surface area contributed by atoms with Gasteiger partial charge in [-0.15, -0.1) is 0 Å². The zero-order valence-electron chi connectivity index (χ0n) is 10.5. The van der Waals surface area contributed by atoms with E-state index in [2.05, 4.69) is 0 Å². The van der Waals surface area contributed by atoms with Crippen LogP contribution in [0.15, 0.2) is 18.2 Å². The standard InChI is InChI=1S/C13H18FN3O/c1-2-13(18)17-7-5-16(6-8-17)12-9-10(14)3-4-11(12)15/h3-4,9H,2,5-8,15H2,1H3. The van der Waals surface area contributed by atoms with E-state index in [1.165, 1.54) is 12.1 Å². The SMILES string of the molecule is CCC(=O)N1CCN(c2cc(F)ccc2N)CC1. The first kappa shape index (κ1) is 12.7. The fraction of sp³-hybridized carbons (Fsp3) is 0.462. The lowest BCUT2D eigenvalue weighted by Crippen LogP contribution is -2.48. The van der Waals surface area contributed by atoms with E-state index >= 15 is 0 Å². The number of carbonyl (C=O) groups is 1. The molecule has 0 spiro atoms. The smallest absolute Gasteiger partial charge is 0.222 e. The predicted molar refractivity (Wildman–Crippen MR) is 69.9 cm³/mol. The maximum absolute atomic E-state index is 13.2. The van der Waals surface area contributed by atoms with Crippen LogP contribution in [0.2, 0.25) is 0 Å². The molecule has 1 heterocycles. The molecular weight excluding hydrogens is 233 g/mol. The van der Waals surface area contributed by atoms with Crippen LogP contribution < -0.4 is 10.6 Å². The molecule has 1 amide bonds. The quantitative estimate of drug-likeness (QED) is 0.810. The average Bonchev–Trinajstić information content (AvgIpc) is 2.41. The number of benzene rings is 1. The minimum absolute atomic E-state index is 0.168. The van der Waals surface area contributed by atoms with Crippen molar-refractivity contribution in [2.75, 3.05) is 36.8 Å². The molecule has 18 heavy (non-hydrogen) atoms. The Morgan fingerprint density at radius 1 is 1.33 bits per heavy atom. The van der Waals surface area contributed by atoms with Crippen molar-refractivity contribution in [3.8, 4) is 0 Å². The molecule has 98 valence electrons. The van der Waals surface area contributed by atoms with Crippen molar-refractivity contribution in [2.45, 2.75) is 13.3 Å². The monoisotopic (exact) mass is 251 g/mol. The van der Waals surface area contributed by atoms with Gasteiger partial charge in [-0.2, -0.15) is 0 Å². The molecule has 0 saturated carbocycles. The highest BCUT2D eigenvalue weighted by Gasteiger charge is 2.21. The van der Waals surface area contributed by atoms with Crippen molar-refractivity contribution in [3.63, 3.8) is 0 Å². The van der Waals surface area contributed by atoms with Gasteiger partial charge in [0.1, 0.15) is 5.82 Å². The van der Waals surface area contributed by atoms with Crippen LogP contribution in [-0.4, -0.2) is 37.0 Å². The number of anilines is 2. The van der Waals surface area contributed by atoms with Gasteiger partial charge in [0.25, 0.3) is 0 Å². The molecule has 0 aliphatic carbocycles. The molecule has 5 heteroatoms. The third-order valence-electron chi connectivity index (χ3n) is 3.27. The highest BCUT2D eigenvalue weighted by atomic mass is 19.1. The van der Waals surface area contributed by atoms with E-state index in [4.69, 9.17) is 5.73 Å². The molecule has 1 aliphatic heterocycles. The largest absolute Gasteiger partial charge is 0.397 e. The van der Waals surface area contributed by atoms with Gasteiger partial charge in [-0.3, -0.25) is 4.79 Å². The van der Waals surface area contributed by atoms with E-state index in [1.54, 1.807) is 6.07 Å². The number of nitrogens with two attached hydrogens (primary N) is 1. The Morgan fingerprint density at radius 3 is 2.61 bits per heavy atom. The summed E-state index contributed by atoms with van der Waals surface area (Å²) >= 11 is 0. The minimum atomic E-state index is -0.286. The molecule has 0 aromatic heterocycles. The summed E-state index contributed by atoms with van der Waals surface area (Å²) in [6, 6.07) is 4.39. The second-order valence-electron chi connectivity index (χ2n) is 4.42. The molecule has 1 aromatic carbocycles. The third-order valence-corrected chi connectivity index (χ3v) is 3.27. The van der Waals surface area contributed by atoms with Crippen molar-refractivity contribution in [3.05, 3.63) is 24.0 Å². The fourth-order valence-corrected chi connectivity index (χ4v) is 2.21. The summed E-state index contributed by atoms with van der Waals surface area (Å²) in [5.41, 5.74) is 7.15. The molecular formula is C13H18FN3O. The van der Waals surface area contributed by atoms with E-state index in [0.717, 1.165) is 5.69 Å². The van der Waals surface area contributed by atoms with Crippen molar-refractivity contribution >= 4 is 17.3 Å². The molecule has 4 nitrogen and oxygen atoms in total. The summed E-state index contributed by atoms with van der Waals surface area (Å²) in [5, 5.41) is 0. The van der Waals surface area contributed by atoms with Gasteiger partial charge in [0, 0.05) is 32.6 Å². The van der Waals surface area contributed by atoms with E-state index in [1.807, 2.05) is 16.7 Å². The highest BCUT2D eigenvalue weighted by molar-refractivity contribution is 5.76. The van der Waals surface area contributed by atoms with Crippen LogP contribution in [0.4, 0.5) is 15.8 Å². The van der Waals surface area contributed by atoms with E-state index in [0.29, 0.717) is 38.3 Å². The Labute approximate surface area is 106 Å². The van der Waals surface area contributed by atoms with Crippen LogP contribution in [-0.2, 0) is 4.79 Å². The summed E-state index contributed by atoms with van der Waals surface area (Å²) in [6.07, 6.45) is 0.530. The molecule has 2 rings (SSSR count). The predicted octanol–water partition coefficient (Wildman–Crippen LogP) is 1.47. The topological polar surface area (TPSA) is 49.6 Å². The summed E-state index contributed by atoms with van der Waals surface area (Å²) < 4.78 is 13.2. The third kappa shape index (κ3) is 2.55.